The van der Waals surface area contributed by atoms with Crippen LogP contribution in [0.15, 0.2) is 4.52 Å². The summed E-state index contributed by atoms with van der Waals surface area (Å²) in [6.07, 6.45) is 3.69. The molecule has 2 rings (SSSR count). The number of piperidine rings is 1. The van der Waals surface area contributed by atoms with Gasteiger partial charge in [0.05, 0.1) is 0 Å². The quantitative estimate of drug-likeness (QED) is 0.899. The molecule has 124 valence electrons. The van der Waals surface area contributed by atoms with Crippen LogP contribution >= 0.6 is 0 Å². The van der Waals surface area contributed by atoms with Crippen molar-refractivity contribution in [3.05, 3.63) is 11.7 Å². The number of rotatable bonds is 5. The van der Waals surface area contributed by atoms with E-state index in [0.717, 1.165) is 32.4 Å². The van der Waals surface area contributed by atoms with Gasteiger partial charge in [0.2, 0.25) is 11.8 Å². The SMILES string of the molecule is CC(C)(C)c1noc(CCCC(=O)N2CCC(CO)CC2)n1. The van der Waals surface area contributed by atoms with Crippen LogP contribution < -0.4 is 0 Å². The van der Waals surface area contributed by atoms with E-state index in [0.29, 0.717) is 30.5 Å². The fourth-order valence-electron chi connectivity index (χ4n) is 2.57. The summed E-state index contributed by atoms with van der Waals surface area (Å²) in [6, 6.07) is 0. The Bertz CT molecular complexity index is 485. The number of aryl methyl sites for hydroxylation is 1. The Morgan fingerprint density at radius 3 is 2.59 bits per heavy atom. The second kappa shape index (κ2) is 7.22. The molecule has 0 aliphatic carbocycles. The van der Waals surface area contributed by atoms with Crippen molar-refractivity contribution in [3.8, 4) is 0 Å². The highest BCUT2D eigenvalue weighted by molar-refractivity contribution is 5.76. The lowest BCUT2D eigenvalue weighted by Crippen LogP contribution is -2.39. The Labute approximate surface area is 131 Å². The predicted molar refractivity (Wildman–Crippen MR) is 82.3 cm³/mol. The number of likely N-dealkylation sites (tertiary alicyclic amines) is 1. The molecule has 0 unspecified atom stereocenters. The fourth-order valence-corrected chi connectivity index (χ4v) is 2.57. The summed E-state index contributed by atoms with van der Waals surface area (Å²) in [6.45, 7) is 7.89. The predicted octanol–water partition coefficient (Wildman–Crippen LogP) is 1.92. The summed E-state index contributed by atoms with van der Waals surface area (Å²) < 4.78 is 5.23. The van der Waals surface area contributed by atoms with Gasteiger partial charge in [0.15, 0.2) is 5.82 Å². The Morgan fingerprint density at radius 1 is 1.36 bits per heavy atom. The van der Waals surface area contributed by atoms with Crippen molar-refractivity contribution in [3.63, 3.8) is 0 Å². The summed E-state index contributed by atoms with van der Waals surface area (Å²) in [5.41, 5.74) is -0.116. The van der Waals surface area contributed by atoms with Gasteiger partial charge < -0.3 is 14.5 Å². The average Bonchev–Trinajstić information content (AvgIpc) is 2.96. The minimum absolute atomic E-state index is 0.116. The van der Waals surface area contributed by atoms with E-state index in [9.17, 15) is 4.79 Å². The molecule has 22 heavy (non-hydrogen) atoms. The van der Waals surface area contributed by atoms with E-state index in [2.05, 4.69) is 10.1 Å². The summed E-state index contributed by atoms with van der Waals surface area (Å²) in [4.78, 5) is 18.4. The van der Waals surface area contributed by atoms with Crippen molar-refractivity contribution in [2.24, 2.45) is 5.92 Å². The van der Waals surface area contributed by atoms with Gasteiger partial charge >= 0.3 is 0 Å². The lowest BCUT2D eigenvalue weighted by molar-refractivity contribution is -0.132. The number of carbonyl (C=O) groups excluding carboxylic acids is 1. The molecule has 1 amide bonds. The van der Waals surface area contributed by atoms with Gasteiger partial charge in [-0.1, -0.05) is 25.9 Å². The number of hydrogen-bond donors (Lipinski definition) is 1. The van der Waals surface area contributed by atoms with Gasteiger partial charge in [-0.25, -0.2) is 0 Å². The third-order valence-electron chi connectivity index (χ3n) is 4.15. The van der Waals surface area contributed by atoms with Crippen LogP contribution in [-0.2, 0) is 16.6 Å². The van der Waals surface area contributed by atoms with E-state index in [1.807, 2.05) is 25.7 Å². The Kier molecular flexibility index (Phi) is 5.56. The number of aromatic nitrogens is 2. The van der Waals surface area contributed by atoms with Crippen molar-refractivity contribution in [2.45, 2.75) is 58.3 Å². The maximum atomic E-state index is 12.1. The molecule has 1 saturated heterocycles. The van der Waals surface area contributed by atoms with E-state index < -0.39 is 0 Å². The first-order chi connectivity index (χ1) is 10.4. The number of aliphatic hydroxyl groups excluding tert-OH is 1. The normalized spacial score (nSPS) is 17.0. The van der Waals surface area contributed by atoms with Crippen molar-refractivity contribution >= 4 is 5.91 Å². The van der Waals surface area contributed by atoms with E-state index in [1.165, 1.54) is 0 Å². The maximum absolute atomic E-state index is 12.1. The standard InChI is InChI=1S/C16H27N3O3/c1-16(2,3)15-17-13(22-18-15)5-4-6-14(21)19-9-7-12(11-20)8-10-19/h12,20H,4-11H2,1-3H3. The van der Waals surface area contributed by atoms with Crippen LogP contribution in [-0.4, -0.2) is 45.8 Å². The number of amides is 1. The minimum atomic E-state index is -0.116. The molecule has 1 aromatic heterocycles. The van der Waals surface area contributed by atoms with Gasteiger partial charge in [0, 0.05) is 38.0 Å². The minimum Gasteiger partial charge on any atom is -0.396 e. The lowest BCUT2D eigenvalue weighted by Gasteiger charge is -2.31. The molecular weight excluding hydrogens is 282 g/mol. The monoisotopic (exact) mass is 309 g/mol. The molecule has 0 saturated carbocycles. The van der Waals surface area contributed by atoms with Crippen LogP contribution in [0.3, 0.4) is 0 Å². The van der Waals surface area contributed by atoms with Crippen LogP contribution in [0.25, 0.3) is 0 Å². The van der Waals surface area contributed by atoms with Gasteiger partial charge in [-0.3, -0.25) is 4.79 Å². The summed E-state index contributed by atoms with van der Waals surface area (Å²) >= 11 is 0. The van der Waals surface area contributed by atoms with Gasteiger partial charge in [-0.05, 0) is 25.2 Å². The highest BCUT2D eigenvalue weighted by Gasteiger charge is 2.23. The number of aliphatic hydroxyl groups is 1. The third kappa shape index (κ3) is 4.53. The molecule has 0 aromatic carbocycles. The van der Waals surface area contributed by atoms with Crippen LogP contribution in [0, 0.1) is 5.92 Å². The molecule has 1 aliphatic rings. The number of hydrogen-bond acceptors (Lipinski definition) is 5. The zero-order valence-electron chi connectivity index (χ0n) is 13.8. The van der Waals surface area contributed by atoms with E-state index in [1.54, 1.807) is 0 Å². The molecule has 0 spiro atoms. The molecule has 1 aliphatic heterocycles. The fraction of sp³-hybridized carbons (Fsp3) is 0.812. The van der Waals surface area contributed by atoms with Crippen molar-refractivity contribution in [1.82, 2.24) is 15.0 Å². The molecular formula is C16H27N3O3. The molecule has 6 heteroatoms. The molecule has 1 fully saturated rings. The first kappa shape index (κ1) is 16.9. The van der Waals surface area contributed by atoms with Crippen LogP contribution in [0.4, 0.5) is 0 Å². The third-order valence-corrected chi connectivity index (χ3v) is 4.15. The molecule has 6 nitrogen and oxygen atoms in total. The van der Waals surface area contributed by atoms with Gasteiger partial charge in [-0.15, -0.1) is 0 Å². The van der Waals surface area contributed by atoms with Crippen molar-refractivity contribution in [1.29, 1.82) is 0 Å². The highest BCUT2D eigenvalue weighted by atomic mass is 16.5. The Hall–Kier alpha value is -1.43. The summed E-state index contributed by atoms with van der Waals surface area (Å²) in [5, 5.41) is 13.1. The molecule has 0 atom stereocenters. The van der Waals surface area contributed by atoms with E-state index in [-0.39, 0.29) is 17.9 Å². The average molecular weight is 309 g/mol. The molecule has 2 heterocycles. The number of nitrogens with zero attached hydrogens (tertiary/aromatic N) is 3. The molecule has 1 aromatic rings. The maximum Gasteiger partial charge on any atom is 0.226 e. The van der Waals surface area contributed by atoms with Gasteiger partial charge in [0.1, 0.15) is 0 Å². The van der Waals surface area contributed by atoms with Crippen molar-refractivity contribution in [2.75, 3.05) is 19.7 Å². The Balaban J connectivity index is 1.72. The highest BCUT2D eigenvalue weighted by Crippen LogP contribution is 2.20. The summed E-state index contributed by atoms with van der Waals surface area (Å²) in [5.74, 6) is 1.86. The second-order valence-electron chi connectivity index (χ2n) is 7.12. The zero-order chi connectivity index (χ0) is 16.2. The summed E-state index contributed by atoms with van der Waals surface area (Å²) in [7, 11) is 0. The van der Waals surface area contributed by atoms with E-state index in [4.69, 9.17) is 9.63 Å². The van der Waals surface area contributed by atoms with Crippen LogP contribution in [0.2, 0.25) is 0 Å². The van der Waals surface area contributed by atoms with Crippen LogP contribution in [0.1, 0.15) is 58.2 Å². The molecule has 0 radical (unpaired) electrons. The molecule has 0 bridgehead atoms. The zero-order valence-corrected chi connectivity index (χ0v) is 13.8. The first-order valence-electron chi connectivity index (χ1n) is 8.12. The second-order valence-corrected chi connectivity index (χ2v) is 7.12. The first-order valence-corrected chi connectivity index (χ1v) is 8.12. The van der Waals surface area contributed by atoms with Crippen molar-refractivity contribution < 1.29 is 14.4 Å². The van der Waals surface area contributed by atoms with E-state index >= 15 is 0 Å². The molecule has 1 N–H and O–H groups in total. The van der Waals surface area contributed by atoms with Gasteiger partial charge in [-0.2, -0.15) is 4.98 Å². The largest absolute Gasteiger partial charge is 0.396 e. The van der Waals surface area contributed by atoms with Gasteiger partial charge in [0.25, 0.3) is 0 Å². The lowest BCUT2D eigenvalue weighted by atomic mass is 9.96. The van der Waals surface area contributed by atoms with Crippen LogP contribution in [0.5, 0.6) is 0 Å². The Morgan fingerprint density at radius 2 is 2.05 bits per heavy atom. The smallest absolute Gasteiger partial charge is 0.226 e. The topological polar surface area (TPSA) is 79.5 Å². The number of carbonyl (C=O) groups is 1.